The topological polar surface area (TPSA) is 26.3 Å². The number of hydrogen-bond acceptors (Lipinski definition) is 2. The van der Waals surface area contributed by atoms with Gasteiger partial charge in [-0.25, -0.2) is 0 Å². The molecule has 0 fully saturated rings. The summed E-state index contributed by atoms with van der Waals surface area (Å²) in [4.78, 5) is 10.6. The maximum atomic E-state index is 10.6. The molecule has 1 rings (SSSR count). The quantitative estimate of drug-likeness (QED) is 0.412. The van der Waals surface area contributed by atoms with Gasteiger partial charge in [0.2, 0.25) is 0 Å². The van der Waals surface area contributed by atoms with Crippen LogP contribution in [0.1, 0.15) is 70.0 Å². The maximum absolute atomic E-state index is 10.6. The van der Waals surface area contributed by atoms with Crippen LogP contribution in [0.15, 0.2) is 30.3 Å². The third-order valence-corrected chi connectivity index (χ3v) is 3.46. The van der Waals surface area contributed by atoms with E-state index in [0.29, 0.717) is 6.47 Å². The van der Waals surface area contributed by atoms with Gasteiger partial charge >= 0.3 is 0 Å². The molecule has 0 N–H and O–H groups in total. The predicted molar refractivity (Wildman–Crippen MR) is 78.9 cm³/mol. The van der Waals surface area contributed by atoms with Crippen LogP contribution in [0.4, 0.5) is 0 Å². The van der Waals surface area contributed by atoms with Gasteiger partial charge < -0.3 is 4.74 Å². The van der Waals surface area contributed by atoms with Crippen molar-refractivity contribution < 1.29 is 9.53 Å². The highest BCUT2D eigenvalue weighted by molar-refractivity contribution is 5.38. The standard InChI is InChI=1S/C17H26O2/c1-2-3-4-5-6-7-11-14-17(19-15-18)16-12-9-8-10-13-16/h8-10,12-13,15,17H,2-7,11,14H2,1H3. The SMILES string of the molecule is CCCCCCCCCC(OC=O)c1ccccc1. The van der Waals surface area contributed by atoms with E-state index in [9.17, 15) is 4.79 Å². The molecule has 2 nitrogen and oxygen atoms in total. The lowest BCUT2D eigenvalue weighted by atomic mass is 10.0. The summed E-state index contributed by atoms with van der Waals surface area (Å²) in [7, 11) is 0. The van der Waals surface area contributed by atoms with E-state index < -0.39 is 0 Å². The van der Waals surface area contributed by atoms with Gasteiger partial charge in [-0.1, -0.05) is 75.8 Å². The Hall–Kier alpha value is -1.31. The fourth-order valence-corrected chi connectivity index (χ4v) is 2.33. The van der Waals surface area contributed by atoms with E-state index in [-0.39, 0.29) is 6.10 Å². The Kier molecular flexibility index (Phi) is 8.78. The van der Waals surface area contributed by atoms with Crippen LogP contribution in [-0.4, -0.2) is 6.47 Å². The molecular weight excluding hydrogens is 236 g/mol. The first-order chi connectivity index (χ1) is 9.38. The van der Waals surface area contributed by atoms with Crippen LogP contribution in [0.25, 0.3) is 0 Å². The lowest BCUT2D eigenvalue weighted by Gasteiger charge is -2.15. The zero-order valence-electron chi connectivity index (χ0n) is 12.0. The number of unbranched alkanes of at least 4 members (excludes halogenated alkanes) is 6. The van der Waals surface area contributed by atoms with Crippen molar-refractivity contribution >= 4 is 6.47 Å². The van der Waals surface area contributed by atoms with E-state index in [4.69, 9.17) is 4.74 Å². The average molecular weight is 262 g/mol. The van der Waals surface area contributed by atoms with Crippen molar-refractivity contribution in [2.75, 3.05) is 0 Å². The van der Waals surface area contributed by atoms with Gasteiger partial charge in [0.15, 0.2) is 0 Å². The third-order valence-electron chi connectivity index (χ3n) is 3.46. The van der Waals surface area contributed by atoms with Gasteiger partial charge in [-0.2, -0.15) is 0 Å². The predicted octanol–water partition coefficient (Wildman–Crippen LogP) is 5.04. The van der Waals surface area contributed by atoms with Crippen LogP contribution in [0.3, 0.4) is 0 Å². The first kappa shape index (κ1) is 15.7. The largest absolute Gasteiger partial charge is 0.460 e. The second-order valence-corrected chi connectivity index (χ2v) is 5.04. The summed E-state index contributed by atoms with van der Waals surface area (Å²) in [5, 5.41) is 0. The summed E-state index contributed by atoms with van der Waals surface area (Å²) in [5.41, 5.74) is 1.10. The molecule has 0 amide bonds. The Balaban J connectivity index is 2.21. The average Bonchev–Trinajstić information content (AvgIpc) is 2.46. The normalized spacial score (nSPS) is 12.1. The summed E-state index contributed by atoms with van der Waals surface area (Å²) >= 11 is 0. The third kappa shape index (κ3) is 7.00. The molecule has 0 saturated heterocycles. The molecule has 1 aromatic carbocycles. The number of ether oxygens (including phenoxy) is 1. The van der Waals surface area contributed by atoms with Crippen LogP contribution < -0.4 is 0 Å². The highest BCUT2D eigenvalue weighted by Crippen LogP contribution is 2.23. The number of carbonyl (C=O) groups is 1. The van der Waals surface area contributed by atoms with E-state index in [1.165, 1.54) is 38.5 Å². The molecule has 0 heterocycles. The lowest BCUT2D eigenvalue weighted by molar-refractivity contribution is -0.134. The van der Waals surface area contributed by atoms with Crippen LogP contribution in [0, 0.1) is 0 Å². The smallest absolute Gasteiger partial charge is 0.293 e. The highest BCUT2D eigenvalue weighted by Gasteiger charge is 2.11. The fourth-order valence-electron chi connectivity index (χ4n) is 2.33. The van der Waals surface area contributed by atoms with E-state index in [2.05, 4.69) is 6.92 Å². The maximum Gasteiger partial charge on any atom is 0.293 e. The molecule has 0 saturated carbocycles. The van der Waals surface area contributed by atoms with Crippen LogP contribution in [-0.2, 0) is 9.53 Å². The second-order valence-electron chi connectivity index (χ2n) is 5.04. The Morgan fingerprint density at radius 3 is 2.26 bits per heavy atom. The molecule has 0 aliphatic carbocycles. The summed E-state index contributed by atoms with van der Waals surface area (Å²) in [6, 6.07) is 10.0. The van der Waals surface area contributed by atoms with Crippen LogP contribution in [0.5, 0.6) is 0 Å². The Morgan fingerprint density at radius 1 is 1.00 bits per heavy atom. The summed E-state index contributed by atoms with van der Waals surface area (Å²) in [6.45, 7) is 2.81. The molecule has 0 spiro atoms. The van der Waals surface area contributed by atoms with Gasteiger partial charge in [-0.15, -0.1) is 0 Å². The first-order valence-electron chi connectivity index (χ1n) is 7.52. The number of benzene rings is 1. The minimum absolute atomic E-state index is 0.0747. The molecule has 0 aliphatic heterocycles. The van der Waals surface area contributed by atoms with Crippen LogP contribution in [0.2, 0.25) is 0 Å². The van der Waals surface area contributed by atoms with Crippen molar-refractivity contribution in [2.45, 2.75) is 64.4 Å². The molecule has 2 heteroatoms. The van der Waals surface area contributed by atoms with Gasteiger partial charge in [0.25, 0.3) is 6.47 Å². The van der Waals surface area contributed by atoms with Gasteiger partial charge in [0.05, 0.1) is 0 Å². The molecule has 19 heavy (non-hydrogen) atoms. The molecule has 1 unspecified atom stereocenters. The second kappa shape index (κ2) is 10.6. The van der Waals surface area contributed by atoms with Gasteiger partial charge in [0, 0.05) is 0 Å². The van der Waals surface area contributed by atoms with Crippen molar-refractivity contribution in [2.24, 2.45) is 0 Å². The Labute approximate surface area is 117 Å². The van der Waals surface area contributed by atoms with E-state index in [1.807, 2.05) is 30.3 Å². The lowest BCUT2D eigenvalue weighted by Crippen LogP contribution is -2.03. The molecule has 1 atom stereocenters. The van der Waals surface area contributed by atoms with Gasteiger partial charge in [-0.3, -0.25) is 4.79 Å². The first-order valence-corrected chi connectivity index (χ1v) is 7.52. The number of carbonyl (C=O) groups excluding carboxylic acids is 1. The number of hydrogen-bond donors (Lipinski definition) is 0. The summed E-state index contributed by atoms with van der Waals surface area (Å²) in [5.74, 6) is 0. The number of rotatable bonds is 11. The molecule has 1 aromatic rings. The fraction of sp³-hybridized carbons (Fsp3) is 0.588. The van der Waals surface area contributed by atoms with Gasteiger partial charge in [0.1, 0.15) is 6.10 Å². The molecular formula is C17H26O2. The van der Waals surface area contributed by atoms with Crippen molar-refractivity contribution in [1.29, 1.82) is 0 Å². The minimum atomic E-state index is -0.0747. The van der Waals surface area contributed by atoms with Gasteiger partial charge in [-0.05, 0) is 18.4 Å². The Bertz CT molecular complexity index is 321. The summed E-state index contributed by atoms with van der Waals surface area (Å²) < 4.78 is 5.19. The van der Waals surface area contributed by atoms with E-state index in [0.717, 1.165) is 18.4 Å². The van der Waals surface area contributed by atoms with Crippen molar-refractivity contribution in [3.63, 3.8) is 0 Å². The molecule has 0 aromatic heterocycles. The zero-order chi connectivity index (χ0) is 13.8. The highest BCUT2D eigenvalue weighted by atomic mass is 16.5. The zero-order valence-corrected chi connectivity index (χ0v) is 12.0. The van der Waals surface area contributed by atoms with Crippen LogP contribution >= 0.6 is 0 Å². The molecule has 0 bridgehead atoms. The Morgan fingerprint density at radius 2 is 1.63 bits per heavy atom. The van der Waals surface area contributed by atoms with E-state index >= 15 is 0 Å². The van der Waals surface area contributed by atoms with Crippen molar-refractivity contribution in [3.8, 4) is 0 Å². The monoisotopic (exact) mass is 262 g/mol. The molecule has 0 radical (unpaired) electrons. The molecule has 0 aliphatic rings. The summed E-state index contributed by atoms with van der Waals surface area (Å²) in [6.07, 6.45) is 9.83. The molecule has 106 valence electrons. The van der Waals surface area contributed by atoms with Crippen molar-refractivity contribution in [1.82, 2.24) is 0 Å². The van der Waals surface area contributed by atoms with Crippen molar-refractivity contribution in [3.05, 3.63) is 35.9 Å². The minimum Gasteiger partial charge on any atom is -0.460 e. The van der Waals surface area contributed by atoms with E-state index in [1.54, 1.807) is 0 Å².